The number of hydrogen-bond acceptors (Lipinski definition) is 5. The van der Waals surface area contributed by atoms with Gasteiger partial charge in [-0.05, 0) is 48.4 Å². The van der Waals surface area contributed by atoms with E-state index in [-0.39, 0.29) is 24.6 Å². The molecule has 8 nitrogen and oxygen atoms in total. The van der Waals surface area contributed by atoms with E-state index in [0.29, 0.717) is 11.3 Å². The zero-order valence-electron chi connectivity index (χ0n) is 18.0. The van der Waals surface area contributed by atoms with Crippen LogP contribution in [0.3, 0.4) is 0 Å². The molecule has 2 aromatic carbocycles. The van der Waals surface area contributed by atoms with Gasteiger partial charge < -0.3 is 15.0 Å². The summed E-state index contributed by atoms with van der Waals surface area (Å²) in [7, 11) is 1.27. The zero-order chi connectivity index (χ0) is 23.4. The number of urea groups is 1. The molecule has 0 bridgehead atoms. The fourth-order valence-electron chi connectivity index (χ4n) is 3.48. The Morgan fingerprint density at radius 3 is 2.41 bits per heavy atom. The van der Waals surface area contributed by atoms with E-state index < -0.39 is 35.7 Å². The lowest BCUT2D eigenvalue weighted by Crippen LogP contribution is -2.40. The van der Waals surface area contributed by atoms with Gasteiger partial charge in [0.15, 0.2) is 0 Å². The first-order valence-electron chi connectivity index (χ1n) is 10.1. The number of methoxy groups -OCH3 is 1. The highest BCUT2D eigenvalue weighted by Gasteiger charge is 2.46. The predicted molar refractivity (Wildman–Crippen MR) is 116 cm³/mol. The van der Waals surface area contributed by atoms with Crippen LogP contribution >= 0.6 is 0 Å². The van der Waals surface area contributed by atoms with Crippen molar-refractivity contribution in [2.24, 2.45) is 5.92 Å². The van der Waals surface area contributed by atoms with Crippen molar-refractivity contribution < 1.29 is 28.3 Å². The van der Waals surface area contributed by atoms with Crippen molar-refractivity contribution in [3.05, 3.63) is 59.9 Å². The van der Waals surface area contributed by atoms with Gasteiger partial charge in [0, 0.05) is 12.2 Å². The normalized spacial score (nSPS) is 16.0. The minimum atomic E-state index is -1.01. The fourth-order valence-corrected chi connectivity index (χ4v) is 3.48. The van der Waals surface area contributed by atoms with E-state index in [1.807, 2.05) is 13.8 Å². The van der Waals surface area contributed by atoms with Crippen LogP contribution in [0.15, 0.2) is 48.5 Å². The first-order chi connectivity index (χ1) is 15.2. The molecule has 0 saturated carbocycles. The third-order valence-corrected chi connectivity index (χ3v) is 4.92. The second-order valence-corrected chi connectivity index (χ2v) is 7.82. The van der Waals surface area contributed by atoms with Crippen LogP contribution in [0.25, 0.3) is 0 Å². The Morgan fingerprint density at radius 2 is 1.81 bits per heavy atom. The summed E-state index contributed by atoms with van der Waals surface area (Å²) in [6.07, 6.45) is -0.262. The minimum absolute atomic E-state index is 0.0515. The van der Waals surface area contributed by atoms with Crippen molar-refractivity contribution in [2.75, 3.05) is 23.9 Å². The van der Waals surface area contributed by atoms with Crippen LogP contribution in [-0.2, 0) is 14.3 Å². The van der Waals surface area contributed by atoms with Crippen LogP contribution in [0.4, 0.5) is 20.6 Å². The Balaban J connectivity index is 1.78. The number of nitrogens with zero attached hydrogens (tertiary/aromatic N) is 2. The molecule has 1 aliphatic heterocycles. The number of anilines is 2. The van der Waals surface area contributed by atoms with Crippen molar-refractivity contribution in [2.45, 2.75) is 26.3 Å². The lowest BCUT2D eigenvalue weighted by molar-refractivity contribution is -0.124. The first-order valence-corrected chi connectivity index (χ1v) is 10.1. The SMILES string of the molecule is COC(=O)c1ccc(NC(=O)C[C@@H]2C(=O)N(c3cccc(F)c3)C(=O)N2CC(C)C)cc1. The van der Waals surface area contributed by atoms with Gasteiger partial charge in [0.25, 0.3) is 5.91 Å². The van der Waals surface area contributed by atoms with Crippen LogP contribution in [0.2, 0.25) is 0 Å². The molecule has 168 valence electrons. The molecule has 0 aliphatic carbocycles. The maximum Gasteiger partial charge on any atom is 0.337 e. The molecule has 0 radical (unpaired) electrons. The molecule has 9 heteroatoms. The molecule has 1 atom stereocenters. The second kappa shape index (κ2) is 9.59. The highest BCUT2D eigenvalue weighted by Crippen LogP contribution is 2.28. The number of ether oxygens (including phenoxy) is 1. The van der Waals surface area contributed by atoms with E-state index in [4.69, 9.17) is 0 Å². The van der Waals surface area contributed by atoms with E-state index >= 15 is 0 Å². The number of carbonyl (C=O) groups excluding carboxylic acids is 4. The molecule has 1 N–H and O–H groups in total. The first kappa shape index (κ1) is 22.9. The Morgan fingerprint density at radius 1 is 1.12 bits per heavy atom. The number of rotatable bonds is 7. The van der Waals surface area contributed by atoms with Gasteiger partial charge in [-0.1, -0.05) is 19.9 Å². The summed E-state index contributed by atoms with van der Waals surface area (Å²) < 4.78 is 18.3. The minimum Gasteiger partial charge on any atom is -0.465 e. The summed E-state index contributed by atoms with van der Waals surface area (Å²) in [5.41, 5.74) is 0.878. The number of imide groups is 1. The molecule has 0 unspecified atom stereocenters. The van der Waals surface area contributed by atoms with Crippen LogP contribution in [0, 0.1) is 11.7 Å². The number of nitrogens with one attached hydrogen (secondary N) is 1. The Hall–Kier alpha value is -3.75. The Bertz CT molecular complexity index is 1040. The lowest BCUT2D eigenvalue weighted by Gasteiger charge is -2.23. The standard InChI is InChI=1S/C23H24FN3O5/c1-14(2)13-26-19(21(29)27(23(26)31)18-6-4-5-16(24)11-18)12-20(28)25-17-9-7-15(8-10-17)22(30)32-3/h4-11,14,19H,12-13H2,1-3H3,(H,25,28)/t19-/m1/s1. The van der Waals surface area contributed by atoms with Crippen molar-refractivity contribution >= 4 is 35.2 Å². The number of halogens is 1. The number of benzene rings is 2. The third-order valence-electron chi connectivity index (χ3n) is 4.92. The van der Waals surface area contributed by atoms with E-state index in [9.17, 15) is 23.6 Å². The average Bonchev–Trinajstić information content (AvgIpc) is 2.97. The molecule has 3 rings (SSSR count). The zero-order valence-corrected chi connectivity index (χ0v) is 18.0. The van der Waals surface area contributed by atoms with Gasteiger partial charge in [0.1, 0.15) is 11.9 Å². The second-order valence-electron chi connectivity index (χ2n) is 7.82. The average molecular weight is 441 g/mol. The van der Waals surface area contributed by atoms with Gasteiger partial charge in [0.05, 0.1) is 24.8 Å². The molecular weight excluding hydrogens is 417 g/mol. The molecule has 1 fully saturated rings. The van der Waals surface area contributed by atoms with Crippen LogP contribution in [0.1, 0.15) is 30.6 Å². The van der Waals surface area contributed by atoms with Gasteiger partial charge >= 0.3 is 12.0 Å². The van der Waals surface area contributed by atoms with Crippen molar-refractivity contribution in [1.29, 1.82) is 0 Å². The molecule has 0 spiro atoms. The molecule has 2 aromatic rings. The topological polar surface area (TPSA) is 96.0 Å². The van der Waals surface area contributed by atoms with Gasteiger partial charge in [0.2, 0.25) is 5.91 Å². The summed E-state index contributed by atoms with van der Waals surface area (Å²) in [5.74, 6) is -2.08. The lowest BCUT2D eigenvalue weighted by atomic mass is 10.1. The van der Waals surface area contributed by atoms with Gasteiger partial charge in [-0.2, -0.15) is 0 Å². The monoisotopic (exact) mass is 441 g/mol. The van der Waals surface area contributed by atoms with Crippen molar-refractivity contribution in [3.8, 4) is 0 Å². The molecule has 1 heterocycles. The smallest absolute Gasteiger partial charge is 0.337 e. The van der Waals surface area contributed by atoms with Gasteiger partial charge in [-0.3, -0.25) is 9.59 Å². The fraction of sp³-hybridized carbons (Fsp3) is 0.304. The summed E-state index contributed by atoms with van der Waals surface area (Å²) in [4.78, 5) is 52.5. The number of esters is 1. The summed E-state index contributed by atoms with van der Waals surface area (Å²) >= 11 is 0. The number of hydrogen-bond donors (Lipinski definition) is 1. The van der Waals surface area contributed by atoms with E-state index in [1.54, 1.807) is 0 Å². The Kier molecular flexibility index (Phi) is 6.87. The maximum absolute atomic E-state index is 13.7. The summed E-state index contributed by atoms with van der Waals surface area (Å²) in [6.45, 7) is 4.05. The molecule has 0 aromatic heterocycles. The van der Waals surface area contributed by atoms with Crippen LogP contribution in [0.5, 0.6) is 0 Å². The highest BCUT2D eigenvalue weighted by molar-refractivity contribution is 6.22. The van der Waals surface area contributed by atoms with Gasteiger partial charge in [-0.25, -0.2) is 18.9 Å². The largest absolute Gasteiger partial charge is 0.465 e. The van der Waals surface area contributed by atoms with Gasteiger partial charge in [-0.15, -0.1) is 0 Å². The molecule has 1 saturated heterocycles. The maximum atomic E-state index is 13.7. The summed E-state index contributed by atoms with van der Waals surface area (Å²) in [5, 5.41) is 2.67. The molecule has 4 amide bonds. The van der Waals surface area contributed by atoms with Crippen LogP contribution in [-0.4, -0.2) is 48.4 Å². The number of carbonyl (C=O) groups is 4. The van der Waals surface area contributed by atoms with Crippen molar-refractivity contribution in [1.82, 2.24) is 4.90 Å². The third kappa shape index (κ3) is 4.93. The van der Waals surface area contributed by atoms with E-state index in [2.05, 4.69) is 10.1 Å². The van der Waals surface area contributed by atoms with Crippen molar-refractivity contribution in [3.63, 3.8) is 0 Å². The molecule has 1 aliphatic rings. The quantitative estimate of drug-likeness (QED) is 0.525. The molecule has 32 heavy (non-hydrogen) atoms. The highest BCUT2D eigenvalue weighted by atomic mass is 19.1. The molecular formula is C23H24FN3O5. The van der Waals surface area contributed by atoms with E-state index in [1.165, 1.54) is 54.5 Å². The Labute approximate surface area is 184 Å². The predicted octanol–water partition coefficient (Wildman–Crippen LogP) is 3.43. The number of amides is 4. The van der Waals surface area contributed by atoms with Crippen LogP contribution < -0.4 is 10.2 Å². The van der Waals surface area contributed by atoms with E-state index in [0.717, 1.165) is 11.0 Å². The summed E-state index contributed by atoms with van der Waals surface area (Å²) in [6, 6.07) is 9.69.